The second kappa shape index (κ2) is 11.1. The molecule has 160 valence electrons. The molecular weight excluding hydrogens is 380 g/mol. The molecule has 0 aromatic heterocycles. The van der Waals surface area contributed by atoms with Crippen molar-refractivity contribution in [3.05, 3.63) is 53.6 Å². The van der Waals surface area contributed by atoms with Gasteiger partial charge in [0.15, 0.2) is 11.6 Å². The van der Waals surface area contributed by atoms with Crippen molar-refractivity contribution in [3.63, 3.8) is 0 Å². The Morgan fingerprint density at radius 3 is 2.27 bits per heavy atom. The molecule has 0 spiro atoms. The molecule has 0 aliphatic heterocycles. The van der Waals surface area contributed by atoms with Gasteiger partial charge in [0, 0.05) is 5.56 Å². The first-order valence-electron chi connectivity index (χ1n) is 11.2. The number of benzene rings is 2. The van der Waals surface area contributed by atoms with Crippen LogP contribution >= 0.6 is 0 Å². The van der Waals surface area contributed by atoms with E-state index in [0.717, 1.165) is 11.7 Å². The van der Waals surface area contributed by atoms with E-state index < -0.39 is 11.6 Å². The van der Waals surface area contributed by atoms with Gasteiger partial charge in [0.1, 0.15) is 11.8 Å². The molecule has 1 fully saturated rings. The van der Waals surface area contributed by atoms with Gasteiger partial charge >= 0.3 is 0 Å². The van der Waals surface area contributed by atoms with Gasteiger partial charge in [-0.3, -0.25) is 0 Å². The Bertz CT molecular complexity index is 849. The molecule has 2 nitrogen and oxygen atoms in total. The van der Waals surface area contributed by atoms with Crippen LogP contribution in [-0.4, -0.2) is 6.61 Å². The fourth-order valence-electron chi connectivity index (χ4n) is 4.35. The van der Waals surface area contributed by atoms with Gasteiger partial charge in [-0.15, -0.1) is 0 Å². The molecule has 0 saturated heterocycles. The average molecular weight is 412 g/mol. The normalized spacial score (nSPS) is 18.7. The molecule has 0 heterocycles. The summed E-state index contributed by atoms with van der Waals surface area (Å²) in [5, 5.41) is 8.81. The lowest BCUT2D eigenvalue weighted by atomic mass is 9.80. The number of nitrogens with zero attached hydrogens (tertiary/aromatic N) is 1. The van der Waals surface area contributed by atoms with Crippen LogP contribution in [0, 0.1) is 34.8 Å². The van der Waals surface area contributed by atoms with Crippen molar-refractivity contribution in [2.24, 2.45) is 11.8 Å². The van der Waals surface area contributed by atoms with E-state index in [9.17, 15) is 8.78 Å². The van der Waals surface area contributed by atoms with Crippen molar-refractivity contribution in [2.75, 3.05) is 6.61 Å². The molecule has 0 radical (unpaired) electrons. The summed E-state index contributed by atoms with van der Waals surface area (Å²) < 4.78 is 34.0. The van der Waals surface area contributed by atoms with Crippen molar-refractivity contribution in [3.8, 4) is 22.9 Å². The van der Waals surface area contributed by atoms with E-state index in [-0.39, 0.29) is 11.1 Å². The van der Waals surface area contributed by atoms with E-state index in [0.29, 0.717) is 18.1 Å². The summed E-state index contributed by atoms with van der Waals surface area (Å²) >= 11 is 0. The van der Waals surface area contributed by atoms with E-state index in [1.54, 1.807) is 30.3 Å². The van der Waals surface area contributed by atoms with Gasteiger partial charge in [-0.25, -0.2) is 8.78 Å². The first-order chi connectivity index (χ1) is 14.6. The maximum atomic E-state index is 14.2. The van der Waals surface area contributed by atoms with Gasteiger partial charge in [0.05, 0.1) is 12.2 Å². The molecule has 0 bridgehead atoms. The summed E-state index contributed by atoms with van der Waals surface area (Å²) in [7, 11) is 0. The molecule has 2 aromatic rings. The molecule has 1 aliphatic carbocycles. The lowest BCUT2D eigenvalue weighted by Gasteiger charge is -2.28. The van der Waals surface area contributed by atoms with Crippen LogP contribution in [0.1, 0.15) is 70.3 Å². The summed E-state index contributed by atoms with van der Waals surface area (Å²) in [4.78, 5) is 0. The Kier molecular flexibility index (Phi) is 8.25. The number of hydrogen-bond donors (Lipinski definition) is 0. The number of unbranched alkanes of at least 4 members (excludes halogenated alkanes) is 3. The molecule has 30 heavy (non-hydrogen) atoms. The Labute approximate surface area is 178 Å². The topological polar surface area (TPSA) is 33.0 Å². The molecule has 1 saturated carbocycles. The zero-order valence-corrected chi connectivity index (χ0v) is 17.8. The SMILES string of the molecule is CCCCCCC1CCC(COc2ccc(-c3ccc(C#N)c(F)c3F)cc2)CC1. The van der Waals surface area contributed by atoms with Gasteiger partial charge in [-0.1, -0.05) is 64.0 Å². The van der Waals surface area contributed by atoms with E-state index in [4.69, 9.17) is 10.00 Å². The van der Waals surface area contributed by atoms with E-state index in [1.165, 1.54) is 69.9 Å². The number of halogens is 2. The smallest absolute Gasteiger partial charge is 0.177 e. The van der Waals surface area contributed by atoms with Crippen molar-refractivity contribution in [2.45, 2.75) is 64.7 Å². The first kappa shape index (κ1) is 22.3. The van der Waals surface area contributed by atoms with Gasteiger partial charge in [0.25, 0.3) is 0 Å². The van der Waals surface area contributed by atoms with Crippen LogP contribution in [0.25, 0.3) is 11.1 Å². The van der Waals surface area contributed by atoms with Gasteiger partial charge in [-0.05, 0) is 54.5 Å². The monoisotopic (exact) mass is 411 g/mol. The largest absolute Gasteiger partial charge is 0.493 e. The molecule has 0 atom stereocenters. The molecular formula is C26H31F2NO. The minimum atomic E-state index is -1.10. The van der Waals surface area contributed by atoms with Crippen LogP contribution in [0.15, 0.2) is 36.4 Å². The van der Waals surface area contributed by atoms with Crippen molar-refractivity contribution < 1.29 is 13.5 Å². The van der Waals surface area contributed by atoms with E-state index in [2.05, 4.69) is 6.92 Å². The number of nitriles is 1. The van der Waals surface area contributed by atoms with Crippen LogP contribution in [-0.2, 0) is 0 Å². The Hall–Kier alpha value is -2.41. The summed E-state index contributed by atoms with van der Waals surface area (Å²) in [6.07, 6.45) is 11.8. The van der Waals surface area contributed by atoms with Crippen LogP contribution in [0.5, 0.6) is 5.75 Å². The molecule has 0 amide bonds. The molecule has 0 unspecified atom stereocenters. The highest BCUT2D eigenvalue weighted by atomic mass is 19.2. The summed E-state index contributed by atoms with van der Waals surface area (Å²) in [5.41, 5.74) is 0.425. The maximum absolute atomic E-state index is 14.2. The zero-order valence-electron chi connectivity index (χ0n) is 17.8. The lowest BCUT2D eigenvalue weighted by Crippen LogP contribution is -2.20. The third kappa shape index (κ3) is 5.81. The predicted molar refractivity (Wildman–Crippen MR) is 116 cm³/mol. The summed E-state index contributed by atoms with van der Waals surface area (Å²) in [6.45, 7) is 2.96. The Morgan fingerprint density at radius 1 is 0.900 bits per heavy atom. The highest BCUT2D eigenvalue weighted by Crippen LogP contribution is 2.33. The molecule has 1 aliphatic rings. The summed E-state index contributed by atoms with van der Waals surface area (Å²) in [5.74, 6) is 0.141. The quantitative estimate of drug-likeness (QED) is 0.397. The molecule has 4 heteroatoms. The lowest BCUT2D eigenvalue weighted by molar-refractivity contribution is 0.177. The highest BCUT2D eigenvalue weighted by molar-refractivity contribution is 5.66. The van der Waals surface area contributed by atoms with Crippen molar-refractivity contribution in [1.29, 1.82) is 5.26 Å². The van der Waals surface area contributed by atoms with Crippen molar-refractivity contribution >= 4 is 0 Å². The van der Waals surface area contributed by atoms with Gasteiger partial charge < -0.3 is 4.74 Å². The molecule has 0 N–H and O–H groups in total. The van der Waals surface area contributed by atoms with Crippen LogP contribution in [0.4, 0.5) is 8.78 Å². The fraction of sp³-hybridized carbons (Fsp3) is 0.500. The van der Waals surface area contributed by atoms with Gasteiger partial charge in [-0.2, -0.15) is 5.26 Å². The average Bonchev–Trinajstić information content (AvgIpc) is 2.78. The number of ether oxygens (including phenoxy) is 1. The fourth-order valence-corrected chi connectivity index (χ4v) is 4.35. The molecule has 2 aromatic carbocycles. The molecule has 3 rings (SSSR count). The minimum Gasteiger partial charge on any atom is -0.493 e. The van der Waals surface area contributed by atoms with Crippen LogP contribution < -0.4 is 4.74 Å². The van der Waals surface area contributed by atoms with Crippen LogP contribution in [0.2, 0.25) is 0 Å². The highest BCUT2D eigenvalue weighted by Gasteiger charge is 2.21. The standard InChI is InChI=1S/C26H31F2NO/c1-2-3-4-5-6-19-7-9-20(10-8-19)18-30-23-14-11-21(12-15-23)24-16-13-22(17-29)25(27)26(24)28/h11-16,19-20H,2-10,18H2,1H3. The predicted octanol–water partition coefficient (Wildman–Crippen LogP) is 7.66. The second-order valence-electron chi connectivity index (χ2n) is 8.47. The zero-order chi connectivity index (χ0) is 21.3. The first-order valence-corrected chi connectivity index (χ1v) is 11.2. The summed E-state index contributed by atoms with van der Waals surface area (Å²) in [6, 6.07) is 11.4. The Balaban J connectivity index is 1.47. The third-order valence-electron chi connectivity index (χ3n) is 6.29. The second-order valence-corrected chi connectivity index (χ2v) is 8.47. The minimum absolute atomic E-state index is 0.148. The van der Waals surface area contributed by atoms with Crippen molar-refractivity contribution in [1.82, 2.24) is 0 Å². The van der Waals surface area contributed by atoms with Gasteiger partial charge in [0.2, 0.25) is 0 Å². The third-order valence-corrected chi connectivity index (χ3v) is 6.29. The van der Waals surface area contributed by atoms with E-state index >= 15 is 0 Å². The number of rotatable bonds is 9. The Morgan fingerprint density at radius 2 is 1.60 bits per heavy atom. The number of hydrogen-bond acceptors (Lipinski definition) is 2. The van der Waals surface area contributed by atoms with E-state index in [1.807, 2.05) is 0 Å². The maximum Gasteiger partial charge on any atom is 0.177 e. The van der Waals surface area contributed by atoms with Crippen LogP contribution in [0.3, 0.4) is 0 Å².